The molecule has 0 spiro atoms. The number of para-hydroxylation sites is 1. The topological polar surface area (TPSA) is 70.9 Å². The van der Waals surface area contributed by atoms with Crippen molar-refractivity contribution >= 4 is 22.5 Å². The number of oxazole rings is 1. The highest BCUT2D eigenvalue weighted by Gasteiger charge is 2.05. The number of H-pyrrole nitrogens is 1. The lowest BCUT2D eigenvalue weighted by molar-refractivity contribution is 0.555. The zero-order valence-electron chi connectivity index (χ0n) is 12.1. The van der Waals surface area contributed by atoms with Gasteiger partial charge < -0.3 is 9.73 Å². The molecule has 0 fully saturated rings. The van der Waals surface area contributed by atoms with Crippen LogP contribution in [0.25, 0.3) is 22.2 Å². The lowest BCUT2D eigenvalue weighted by Gasteiger charge is -2.08. The number of aromatic amines is 1. The fraction of sp³-hybridized carbons (Fsp3) is 0. The van der Waals surface area contributed by atoms with Gasteiger partial charge in [-0.25, -0.2) is 4.79 Å². The van der Waals surface area contributed by atoms with Crippen molar-refractivity contribution in [2.45, 2.75) is 0 Å². The molecule has 0 atom stereocenters. The highest BCUT2D eigenvalue weighted by Crippen LogP contribution is 2.25. The number of pyridine rings is 1. The molecule has 2 heterocycles. The first kappa shape index (κ1) is 13.3. The molecule has 2 aromatic heterocycles. The number of aromatic nitrogens is 2. The molecule has 0 unspecified atom stereocenters. The minimum atomic E-state index is -0.449. The summed E-state index contributed by atoms with van der Waals surface area (Å²) < 4.78 is 5.11. The van der Waals surface area contributed by atoms with E-state index >= 15 is 0 Å². The maximum absolute atomic E-state index is 11.2. The molecular weight excluding hydrogens is 290 g/mol. The lowest BCUT2D eigenvalue weighted by Crippen LogP contribution is -1.92. The molecule has 0 radical (unpaired) electrons. The second kappa shape index (κ2) is 5.46. The van der Waals surface area contributed by atoms with E-state index in [2.05, 4.69) is 15.3 Å². The Kier molecular flexibility index (Phi) is 3.16. The van der Waals surface area contributed by atoms with Crippen LogP contribution >= 0.6 is 0 Å². The molecule has 2 aromatic carbocycles. The van der Waals surface area contributed by atoms with Crippen molar-refractivity contribution in [3.05, 3.63) is 77.5 Å². The fourth-order valence-electron chi connectivity index (χ4n) is 2.48. The van der Waals surface area contributed by atoms with E-state index in [0.717, 1.165) is 22.5 Å². The summed E-state index contributed by atoms with van der Waals surface area (Å²) >= 11 is 0. The summed E-state index contributed by atoms with van der Waals surface area (Å²) in [5.41, 5.74) is 4.99. The molecule has 0 aliphatic heterocycles. The zero-order chi connectivity index (χ0) is 15.6. The van der Waals surface area contributed by atoms with Gasteiger partial charge in [0.15, 0.2) is 5.58 Å². The van der Waals surface area contributed by atoms with Gasteiger partial charge in [-0.15, -0.1) is 0 Å². The standard InChI is InChI=1S/C18H13N3O2/c22-18-21-16-7-6-12(9-17(16)23-18)13-8-15(11-19-10-13)20-14-4-2-1-3-5-14/h1-11,20H,(H,21,22). The molecule has 0 saturated carbocycles. The van der Waals surface area contributed by atoms with Crippen molar-refractivity contribution in [1.29, 1.82) is 0 Å². The Bertz CT molecular complexity index is 1020. The van der Waals surface area contributed by atoms with E-state index in [-0.39, 0.29) is 0 Å². The first-order chi connectivity index (χ1) is 11.3. The highest BCUT2D eigenvalue weighted by molar-refractivity contribution is 5.80. The number of nitrogens with one attached hydrogen (secondary N) is 2. The van der Waals surface area contributed by atoms with E-state index < -0.39 is 5.76 Å². The minimum absolute atomic E-state index is 0.449. The number of anilines is 2. The summed E-state index contributed by atoms with van der Waals surface area (Å²) in [5.74, 6) is -0.449. The summed E-state index contributed by atoms with van der Waals surface area (Å²) in [6.45, 7) is 0. The SMILES string of the molecule is O=c1[nH]c2ccc(-c3cncc(Nc4ccccc4)c3)cc2o1. The maximum atomic E-state index is 11.2. The maximum Gasteiger partial charge on any atom is 0.417 e. The third-order valence-electron chi connectivity index (χ3n) is 3.56. The molecule has 5 heteroatoms. The summed E-state index contributed by atoms with van der Waals surface area (Å²) in [4.78, 5) is 18.2. The van der Waals surface area contributed by atoms with Crippen LogP contribution in [0.2, 0.25) is 0 Å². The van der Waals surface area contributed by atoms with Crippen molar-refractivity contribution in [1.82, 2.24) is 9.97 Å². The number of fused-ring (bicyclic) bond motifs is 1. The van der Waals surface area contributed by atoms with Crippen LogP contribution in [0.4, 0.5) is 11.4 Å². The van der Waals surface area contributed by atoms with Crippen LogP contribution in [0.5, 0.6) is 0 Å². The number of nitrogens with zero attached hydrogens (tertiary/aromatic N) is 1. The molecule has 23 heavy (non-hydrogen) atoms. The zero-order valence-corrected chi connectivity index (χ0v) is 12.1. The van der Waals surface area contributed by atoms with E-state index in [1.807, 2.05) is 54.6 Å². The molecule has 0 saturated heterocycles. The molecule has 112 valence electrons. The van der Waals surface area contributed by atoms with Crippen molar-refractivity contribution in [3.63, 3.8) is 0 Å². The number of hydrogen-bond acceptors (Lipinski definition) is 4. The van der Waals surface area contributed by atoms with E-state index in [4.69, 9.17) is 4.42 Å². The van der Waals surface area contributed by atoms with Crippen LogP contribution in [0, 0.1) is 0 Å². The number of benzene rings is 2. The van der Waals surface area contributed by atoms with Crippen LogP contribution in [-0.2, 0) is 0 Å². The molecule has 4 rings (SSSR count). The predicted molar refractivity (Wildman–Crippen MR) is 89.8 cm³/mol. The van der Waals surface area contributed by atoms with Crippen LogP contribution in [-0.4, -0.2) is 9.97 Å². The quantitative estimate of drug-likeness (QED) is 0.601. The average molecular weight is 303 g/mol. The molecule has 0 aliphatic rings. The minimum Gasteiger partial charge on any atom is -0.408 e. The van der Waals surface area contributed by atoms with Crippen LogP contribution in [0.3, 0.4) is 0 Å². The molecule has 4 aromatic rings. The van der Waals surface area contributed by atoms with E-state index in [0.29, 0.717) is 11.1 Å². The molecule has 0 amide bonds. The Morgan fingerprint density at radius 2 is 1.78 bits per heavy atom. The van der Waals surface area contributed by atoms with Gasteiger partial charge in [-0.1, -0.05) is 24.3 Å². The predicted octanol–water partition coefficient (Wildman–Crippen LogP) is 3.93. The average Bonchev–Trinajstić information content (AvgIpc) is 2.95. The van der Waals surface area contributed by atoms with Gasteiger partial charge in [0.25, 0.3) is 0 Å². The lowest BCUT2D eigenvalue weighted by atomic mass is 10.1. The largest absolute Gasteiger partial charge is 0.417 e. The van der Waals surface area contributed by atoms with E-state index in [1.54, 1.807) is 12.4 Å². The van der Waals surface area contributed by atoms with E-state index in [1.165, 1.54) is 0 Å². The van der Waals surface area contributed by atoms with Gasteiger partial charge in [-0.05, 0) is 35.9 Å². The number of rotatable bonds is 3. The van der Waals surface area contributed by atoms with Crippen molar-refractivity contribution in [3.8, 4) is 11.1 Å². The van der Waals surface area contributed by atoms with Crippen LogP contribution in [0.1, 0.15) is 0 Å². The molecule has 0 bridgehead atoms. The monoisotopic (exact) mass is 303 g/mol. The molecular formula is C18H13N3O2. The molecule has 2 N–H and O–H groups in total. The van der Waals surface area contributed by atoms with Gasteiger partial charge in [0.1, 0.15) is 0 Å². The Morgan fingerprint density at radius 3 is 2.65 bits per heavy atom. The van der Waals surface area contributed by atoms with Gasteiger partial charge >= 0.3 is 5.76 Å². The van der Waals surface area contributed by atoms with Crippen LogP contribution in [0.15, 0.2) is 76.2 Å². The molecule has 0 aliphatic carbocycles. The Hall–Kier alpha value is -3.34. The fourth-order valence-corrected chi connectivity index (χ4v) is 2.48. The Morgan fingerprint density at radius 1 is 0.913 bits per heavy atom. The van der Waals surface area contributed by atoms with E-state index in [9.17, 15) is 4.79 Å². The number of hydrogen-bond donors (Lipinski definition) is 2. The van der Waals surface area contributed by atoms with Gasteiger partial charge in [0, 0.05) is 17.4 Å². The Balaban J connectivity index is 1.70. The third kappa shape index (κ3) is 2.72. The van der Waals surface area contributed by atoms with Gasteiger partial charge in [0.2, 0.25) is 0 Å². The van der Waals surface area contributed by atoms with Gasteiger partial charge in [-0.3, -0.25) is 9.97 Å². The second-order valence-electron chi connectivity index (χ2n) is 5.18. The molecule has 5 nitrogen and oxygen atoms in total. The van der Waals surface area contributed by atoms with Crippen molar-refractivity contribution < 1.29 is 4.42 Å². The summed E-state index contributed by atoms with van der Waals surface area (Å²) in [6.07, 6.45) is 3.55. The van der Waals surface area contributed by atoms with Crippen LogP contribution < -0.4 is 11.1 Å². The van der Waals surface area contributed by atoms with Gasteiger partial charge in [0.05, 0.1) is 17.4 Å². The first-order valence-electron chi connectivity index (χ1n) is 7.18. The normalized spacial score (nSPS) is 10.8. The highest BCUT2D eigenvalue weighted by atomic mass is 16.4. The van der Waals surface area contributed by atoms with Gasteiger partial charge in [-0.2, -0.15) is 0 Å². The second-order valence-corrected chi connectivity index (χ2v) is 5.18. The Labute approximate surface area is 131 Å². The summed E-state index contributed by atoms with van der Waals surface area (Å²) in [5, 5.41) is 3.31. The first-order valence-corrected chi connectivity index (χ1v) is 7.18. The van der Waals surface area contributed by atoms with Crippen molar-refractivity contribution in [2.75, 3.05) is 5.32 Å². The summed E-state index contributed by atoms with van der Waals surface area (Å²) in [7, 11) is 0. The smallest absolute Gasteiger partial charge is 0.408 e. The van der Waals surface area contributed by atoms with Crippen molar-refractivity contribution in [2.24, 2.45) is 0 Å². The summed E-state index contributed by atoms with van der Waals surface area (Å²) in [6, 6.07) is 17.5. The third-order valence-corrected chi connectivity index (χ3v) is 3.56.